The Bertz CT molecular complexity index is 572. The van der Waals surface area contributed by atoms with Crippen molar-refractivity contribution in [1.82, 2.24) is 24.7 Å². The van der Waals surface area contributed by atoms with E-state index in [2.05, 4.69) is 27.0 Å². The molecule has 0 fully saturated rings. The highest BCUT2D eigenvalue weighted by atomic mass is 15.4. The van der Waals surface area contributed by atoms with E-state index in [1.165, 1.54) is 0 Å². The van der Waals surface area contributed by atoms with E-state index in [0.29, 0.717) is 5.82 Å². The highest BCUT2D eigenvalue weighted by Crippen LogP contribution is 2.17. The van der Waals surface area contributed by atoms with Gasteiger partial charge in [-0.15, -0.1) is 5.10 Å². The summed E-state index contributed by atoms with van der Waals surface area (Å²) in [4.78, 5) is 13.1. The molecule has 0 aliphatic rings. The molecule has 2 aromatic heterocycles. The number of nitrogens with two attached hydrogens (primary N) is 1. The molecule has 2 N–H and O–H groups in total. The molecule has 0 bridgehead atoms. The van der Waals surface area contributed by atoms with Crippen molar-refractivity contribution in [3.05, 3.63) is 23.0 Å². The van der Waals surface area contributed by atoms with Crippen molar-refractivity contribution >= 4 is 5.82 Å². The van der Waals surface area contributed by atoms with Crippen LogP contribution >= 0.6 is 0 Å². The van der Waals surface area contributed by atoms with Gasteiger partial charge in [0.1, 0.15) is 23.3 Å². The van der Waals surface area contributed by atoms with E-state index in [1.54, 1.807) is 4.68 Å². The van der Waals surface area contributed by atoms with Gasteiger partial charge in [0.2, 0.25) is 0 Å². The molecule has 0 aliphatic carbocycles. The van der Waals surface area contributed by atoms with E-state index in [-0.39, 0.29) is 0 Å². The fraction of sp³-hybridized carbons (Fsp3) is 0.500. The summed E-state index contributed by atoms with van der Waals surface area (Å²) in [6.45, 7) is 7.74. The average molecular weight is 246 g/mol. The molecule has 0 spiro atoms. The number of aromatic nitrogens is 5. The molecule has 0 aromatic carbocycles. The minimum Gasteiger partial charge on any atom is -0.383 e. The first-order chi connectivity index (χ1) is 8.52. The molecule has 2 aromatic rings. The summed E-state index contributed by atoms with van der Waals surface area (Å²) in [6.07, 6.45) is 1.79. The predicted octanol–water partition coefficient (Wildman–Crippen LogP) is 1.52. The molecule has 0 saturated heterocycles. The fourth-order valence-electron chi connectivity index (χ4n) is 1.83. The summed E-state index contributed by atoms with van der Waals surface area (Å²) < 4.78 is 1.72. The monoisotopic (exact) mass is 246 g/mol. The van der Waals surface area contributed by atoms with Gasteiger partial charge < -0.3 is 5.73 Å². The molecule has 6 nitrogen and oxygen atoms in total. The molecule has 2 rings (SSSR count). The van der Waals surface area contributed by atoms with Crippen molar-refractivity contribution in [3.63, 3.8) is 0 Å². The first-order valence-corrected chi connectivity index (χ1v) is 6.06. The molecule has 0 unspecified atom stereocenters. The summed E-state index contributed by atoms with van der Waals surface area (Å²) in [7, 11) is 0. The summed E-state index contributed by atoms with van der Waals surface area (Å²) in [5.74, 6) is 3.51. The van der Waals surface area contributed by atoms with Crippen LogP contribution in [0.4, 0.5) is 5.82 Å². The van der Waals surface area contributed by atoms with Crippen LogP contribution in [0.1, 0.15) is 36.4 Å². The Balaban J connectivity index is 2.59. The van der Waals surface area contributed by atoms with Crippen LogP contribution < -0.4 is 5.73 Å². The second kappa shape index (κ2) is 4.72. The third kappa shape index (κ3) is 2.18. The van der Waals surface area contributed by atoms with Gasteiger partial charge in [-0.25, -0.2) is 15.0 Å². The van der Waals surface area contributed by atoms with Crippen molar-refractivity contribution < 1.29 is 0 Å². The lowest BCUT2D eigenvalue weighted by Crippen LogP contribution is -2.11. The zero-order valence-corrected chi connectivity index (χ0v) is 11.2. The van der Waals surface area contributed by atoms with Gasteiger partial charge in [0.05, 0.1) is 0 Å². The van der Waals surface area contributed by atoms with Crippen molar-refractivity contribution in [1.29, 1.82) is 0 Å². The standard InChI is InChI=1S/C12H18N6/c1-5-6-10-15-11(13)7(2)12(16-10)18-9(4)14-8(3)17-18/h5-6H2,1-4H3,(H2,13,15,16). The molecule has 18 heavy (non-hydrogen) atoms. The third-order valence-corrected chi connectivity index (χ3v) is 2.75. The van der Waals surface area contributed by atoms with Crippen LogP contribution in [0.25, 0.3) is 5.82 Å². The third-order valence-electron chi connectivity index (χ3n) is 2.75. The van der Waals surface area contributed by atoms with Crippen LogP contribution in [-0.2, 0) is 6.42 Å². The fourth-order valence-corrected chi connectivity index (χ4v) is 1.83. The predicted molar refractivity (Wildman–Crippen MR) is 69.6 cm³/mol. The smallest absolute Gasteiger partial charge is 0.164 e. The lowest BCUT2D eigenvalue weighted by atomic mass is 10.2. The van der Waals surface area contributed by atoms with Gasteiger partial charge in [-0.2, -0.15) is 4.68 Å². The van der Waals surface area contributed by atoms with Crippen LogP contribution in [-0.4, -0.2) is 24.7 Å². The molecule has 0 atom stereocenters. The average Bonchev–Trinajstić information content (AvgIpc) is 2.63. The highest BCUT2D eigenvalue weighted by molar-refractivity contribution is 5.48. The van der Waals surface area contributed by atoms with Gasteiger partial charge in [-0.05, 0) is 27.2 Å². The Labute approximate surface area is 106 Å². The van der Waals surface area contributed by atoms with Gasteiger partial charge in [-0.3, -0.25) is 0 Å². The van der Waals surface area contributed by atoms with E-state index in [4.69, 9.17) is 5.73 Å². The van der Waals surface area contributed by atoms with Crippen LogP contribution in [0.15, 0.2) is 0 Å². The number of nitrogen functional groups attached to an aromatic ring is 1. The van der Waals surface area contributed by atoms with E-state index in [9.17, 15) is 0 Å². The van der Waals surface area contributed by atoms with Crippen LogP contribution in [0.5, 0.6) is 0 Å². The zero-order valence-electron chi connectivity index (χ0n) is 11.2. The van der Waals surface area contributed by atoms with E-state index in [0.717, 1.165) is 41.7 Å². The zero-order chi connectivity index (χ0) is 13.3. The van der Waals surface area contributed by atoms with Gasteiger partial charge in [0.15, 0.2) is 5.82 Å². The molecule has 96 valence electrons. The quantitative estimate of drug-likeness (QED) is 0.887. The van der Waals surface area contributed by atoms with Gasteiger partial charge in [-0.1, -0.05) is 6.92 Å². The maximum atomic E-state index is 5.93. The maximum Gasteiger partial charge on any atom is 0.164 e. The number of nitrogens with zero attached hydrogens (tertiary/aromatic N) is 5. The minimum atomic E-state index is 0.510. The molecule has 0 aliphatic heterocycles. The lowest BCUT2D eigenvalue weighted by Gasteiger charge is -2.10. The number of rotatable bonds is 3. The highest BCUT2D eigenvalue weighted by Gasteiger charge is 2.13. The summed E-state index contributed by atoms with van der Waals surface area (Å²) in [5, 5.41) is 4.34. The number of hydrogen-bond donors (Lipinski definition) is 1. The van der Waals surface area contributed by atoms with Gasteiger partial charge >= 0.3 is 0 Å². The van der Waals surface area contributed by atoms with Crippen LogP contribution in [0.2, 0.25) is 0 Å². The van der Waals surface area contributed by atoms with E-state index >= 15 is 0 Å². The summed E-state index contributed by atoms with van der Waals surface area (Å²) in [6, 6.07) is 0. The topological polar surface area (TPSA) is 82.5 Å². The number of anilines is 1. The van der Waals surface area contributed by atoms with Gasteiger partial charge in [0, 0.05) is 12.0 Å². The SMILES string of the molecule is CCCc1nc(N)c(C)c(-n2nc(C)nc2C)n1. The molecule has 2 heterocycles. The Morgan fingerprint density at radius 2 is 1.83 bits per heavy atom. The molecule has 6 heteroatoms. The Kier molecular flexibility index (Phi) is 3.27. The number of hydrogen-bond acceptors (Lipinski definition) is 5. The van der Waals surface area contributed by atoms with E-state index in [1.807, 2.05) is 20.8 Å². The minimum absolute atomic E-state index is 0.510. The van der Waals surface area contributed by atoms with Crippen molar-refractivity contribution in [2.45, 2.75) is 40.5 Å². The molecule has 0 amide bonds. The Morgan fingerprint density at radius 1 is 1.11 bits per heavy atom. The van der Waals surface area contributed by atoms with Gasteiger partial charge in [0.25, 0.3) is 0 Å². The molecule has 0 saturated carbocycles. The largest absolute Gasteiger partial charge is 0.383 e. The number of aryl methyl sites for hydroxylation is 3. The Hall–Kier alpha value is -1.98. The summed E-state index contributed by atoms with van der Waals surface area (Å²) >= 11 is 0. The van der Waals surface area contributed by atoms with Crippen molar-refractivity contribution in [2.24, 2.45) is 0 Å². The lowest BCUT2D eigenvalue weighted by molar-refractivity contribution is 0.759. The first-order valence-electron chi connectivity index (χ1n) is 6.06. The second-order valence-electron chi connectivity index (χ2n) is 4.34. The van der Waals surface area contributed by atoms with Crippen molar-refractivity contribution in [2.75, 3.05) is 5.73 Å². The van der Waals surface area contributed by atoms with Crippen LogP contribution in [0, 0.1) is 20.8 Å². The normalized spacial score (nSPS) is 10.9. The second-order valence-corrected chi connectivity index (χ2v) is 4.34. The maximum absolute atomic E-state index is 5.93. The van der Waals surface area contributed by atoms with Crippen LogP contribution in [0.3, 0.4) is 0 Å². The molecule has 0 radical (unpaired) electrons. The molecular weight excluding hydrogens is 228 g/mol. The molecular formula is C12H18N6. The van der Waals surface area contributed by atoms with E-state index < -0.39 is 0 Å². The Morgan fingerprint density at radius 3 is 2.39 bits per heavy atom. The summed E-state index contributed by atoms with van der Waals surface area (Å²) in [5.41, 5.74) is 6.77. The first kappa shape index (κ1) is 12.5. The van der Waals surface area contributed by atoms with Crippen molar-refractivity contribution in [3.8, 4) is 5.82 Å².